The molecule has 0 spiro atoms. The third-order valence-electron chi connectivity index (χ3n) is 3.69. The van der Waals surface area contributed by atoms with E-state index in [0.717, 1.165) is 27.9 Å². The molecule has 5 heteroatoms. The Kier molecular flexibility index (Phi) is 4.44. The molecule has 1 amide bonds. The largest absolute Gasteiger partial charge is 0.507 e. The second-order valence-electron chi connectivity index (χ2n) is 5.82. The molecule has 0 bridgehead atoms. The number of nitrogens with zero attached hydrogens (tertiary/aromatic N) is 1. The minimum Gasteiger partial charge on any atom is -0.507 e. The Morgan fingerprint density at radius 3 is 2.50 bits per heavy atom. The summed E-state index contributed by atoms with van der Waals surface area (Å²) in [4.78, 5) is 17.2. The first-order chi connectivity index (χ1) is 11.4. The second-order valence-corrected chi connectivity index (χ2v) is 6.85. The number of rotatable bonds is 2. The van der Waals surface area contributed by atoms with Crippen molar-refractivity contribution in [1.82, 2.24) is 5.32 Å². The van der Waals surface area contributed by atoms with Crippen LogP contribution < -0.4 is 5.32 Å². The van der Waals surface area contributed by atoms with Gasteiger partial charge in [-0.15, -0.1) is 0 Å². The first kappa shape index (κ1) is 16.3. The Bertz CT molecular complexity index is 862. The summed E-state index contributed by atoms with van der Waals surface area (Å²) in [6.07, 6.45) is 1.82. The number of benzene rings is 2. The quantitative estimate of drug-likeness (QED) is 0.806. The van der Waals surface area contributed by atoms with Crippen molar-refractivity contribution in [2.75, 3.05) is 0 Å². The number of nitrogens with one attached hydrogen (secondary N) is 1. The lowest BCUT2D eigenvalue weighted by atomic mass is 10.1. The van der Waals surface area contributed by atoms with Gasteiger partial charge in [-0.2, -0.15) is 0 Å². The van der Waals surface area contributed by atoms with E-state index in [1.165, 1.54) is 11.8 Å². The van der Waals surface area contributed by atoms with Gasteiger partial charge >= 0.3 is 0 Å². The third kappa shape index (κ3) is 3.51. The molecule has 24 heavy (non-hydrogen) atoms. The topological polar surface area (TPSA) is 61.7 Å². The summed E-state index contributed by atoms with van der Waals surface area (Å²) in [6, 6.07) is 11.5. The molecule has 0 aromatic heterocycles. The van der Waals surface area contributed by atoms with Crippen molar-refractivity contribution >= 4 is 34.6 Å². The highest BCUT2D eigenvalue weighted by molar-refractivity contribution is 8.18. The Balaban J connectivity index is 1.87. The minimum absolute atomic E-state index is 0.158. The monoisotopic (exact) mass is 338 g/mol. The number of hydrogen-bond acceptors (Lipinski definition) is 4. The lowest BCUT2D eigenvalue weighted by Crippen LogP contribution is -2.19. The van der Waals surface area contributed by atoms with E-state index < -0.39 is 0 Å². The average molecular weight is 338 g/mol. The summed E-state index contributed by atoms with van der Waals surface area (Å²) in [6.45, 7) is 5.69. The fourth-order valence-electron chi connectivity index (χ4n) is 2.52. The second kappa shape index (κ2) is 6.53. The van der Waals surface area contributed by atoms with Crippen molar-refractivity contribution in [3.05, 3.63) is 63.6 Å². The van der Waals surface area contributed by atoms with Crippen molar-refractivity contribution in [3.8, 4) is 5.75 Å². The SMILES string of the molecule is Cc1cccc(N=C2NC(=O)C(=Cc3cc(C)c(O)c(C)c3)S2)c1. The first-order valence-corrected chi connectivity index (χ1v) is 8.40. The Morgan fingerprint density at radius 1 is 1.12 bits per heavy atom. The number of carbonyl (C=O) groups is 1. The molecular formula is C19H18N2O2S. The number of aryl methyl sites for hydroxylation is 3. The molecule has 0 atom stereocenters. The summed E-state index contributed by atoms with van der Waals surface area (Å²) < 4.78 is 0. The van der Waals surface area contributed by atoms with Gasteiger partial charge in [0.1, 0.15) is 5.75 Å². The van der Waals surface area contributed by atoms with Crippen molar-refractivity contribution in [2.24, 2.45) is 4.99 Å². The molecule has 0 saturated carbocycles. The third-order valence-corrected chi connectivity index (χ3v) is 4.60. The lowest BCUT2D eigenvalue weighted by Gasteiger charge is -2.05. The Hall–Kier alpha value is -2.53. The highest BCUT2D eigenvalue weighted by Gasteiger charge is 2.23. The predicted molar refractivity (Wildman–Crippen MR) is 99.6 cm³/mol. The molecule has 0 unspecified atom stereocenters. The van der Waals surface area contributed by atoms with E-state index in [9.17, 15) is 9.90 Å². The number of thioether (sulfide) groups is 1. The van der Waals surface area contributed by atoms with E-state index >= 15 is 0 Å². The summed E-state index contributed by atoms with van der Waals surface area (Å²) in [7, 11) is 0. The number of amides is 1. The summed E-state index contributed by atoms with van der Waals surface area (Å²) >= 11 is 1.32. The standard InChI is InChI=1S/C19H18N2O2S/c1-11-5-4-6-15(7-11)20-19-21-18(23)16(24-19)10-14-8-12(2)17(22)13(3)9-14/h4-10,22H,1-3H3,(H,20,21,23). The van der Waals surface area contributed by atoms with Crippen LogP contribution in [0.2, 0.25) is 0 Å². The molecule has 1 saturated heterocycles. The van der Waals surface area contributed by atoms with Crippen molar-refractivity contribution < 1.29 is 9.90 Å². The zero-order valence-corrected chi connectivity index (χ0v) is 14.6. The van der Waals surface area contributed by atoms with Gasteiger partial charge in [0, 0.05) is 0 Å². The van der Waals surface area contributed by atoms with E-state index in [1.54, 1.807) is 0 Å². The predicted octanol–water partition coefficient (Wildman–Crippen LogP) is 4.21. The van der Waals surface area contributed by atoms with Gasteiger partial charge < -0.3 is 10.4 Å². The molecule has 2 aromatic rings. The highest BCUT2D eigenvalue weighted by atomic mass is 32.2. The fraction of sp³-hybridized carbons (Fsp3) is 0.158. The number of aromatic hydroxyl groups is 1. The molecule has 4 nitrogen and oxygen atoms in total. The molecule has 2 N–H and O–H groups in total. The van der Waals surface area contributed by atoms with Crippen LogP contribution >= 0.6 is 11.8 Å². The van der Waals surface area contributed by atoms with Gasteiger partial charge in [0.05, 0.1) is 10.6 Å². The van der Waals surface area contributed by atoms with E-state index in [-0.39, 0.29) is 5.91 Å². The maximum absolute atomic E-state index is 12.2. The molecule has 0 aliphatic carbocycles. The number of phenols is 1. The summed E-state index contributed by atoms with van der Waals surface area (Å²) in [5.41, 5.74) is 4.41. The normalized spacial score (nSPS) is 17.5. The van der Waals surface area contributed by atoms with Crippen LogP contribution in [0, 0.1) is 20.8 Å². The van der Waals surface area contributed by atoms with Crippen molar-refractivity contribution in [2.45, 2.75) is 20.8 Å². The van der Waals surface area contributed by atoms with Crippen LogP contribution in [0.4, 0.5) is 5.69 Å². The smallest absolute Gasteiger partial charge is 0.264 e. The van der Waals surface area contributed by atoms with Gasteiger partial charge in [0.25, 0.3) is 5.91 Å². The first-order valence-electron chi connectivity index (χ1n) is 7.59. The Morgan fingerprint density at radius 2 is 1.83 bits per heavy atom. The number of amidine groups is 1. The zero-order valence-electron chi connectivity index (χ0n) is 13.8. The number of carbonyl (C=O) groups excluding carboxylic acids is 1. The van der Waals surface area contributed by atoms with Crippen LogP contribution in [-0.4, -0.2) is 16.2 Å². The van der Waals surface area contributed by atoms with Gasteiger partial charge in [-0.1, -0.05) is 12.1 Å². The van der Waals surface area contributed by atoms with Crippen LogP contribution in [0.1, 0.15) is 22.3 Å². The molecule has 1 heterocycles. The van der Waals surface area contributed by atoms with Gasteiger partial charge in [0.2, 0.25) is 0 Å². The van der Waals surface area contributed by atoms with Gasteiger partial charge in [-0.25, -0.2) is 4.99 Å². The molecule has 1 fully saturated rings. The van der Waals surface area contributed by atoms with Crippen LogP contribution in [-0.2, 0) is 4.79 Å². The average Bonchev–Trinajstić information content (AvgIpc) is 2.84. The van der Waals surface area contributed by atoms with E-state index in [1.807, 2.05) is 63.2 Å². The van der Waals surface area contributed by atoms with Crippen molar-refractivity contribution in [3.63, 3.8) is 0 Å². The number of phenolic OH excluding ortho intramolecular Hbond substituents is 1. The van der Waals surface area contributed by atoms with Gasteiger partial charge in [0.15, 0.2) is 5.17 Å². The maximum atomic E-state index is 12.2. The Labute approximate surface area is 145 Å². The van der Waals surface area contributed by atoms with Crippen LogP contribution in [0.25, 0.3) is 6.08 Å². The zero-order chi connectivity index (χ0) is 17.3. The van der Waals surface area contributed by atoms with E-state index in [0.29, 0.717) is 15.8 Å². The molecular weight excluding hydrogens is 320 g/mol. The molecule has 3 rings (SSSR count). The van der Waals surface area contributed by atoms with Crippen LogP contribution in [0.5, 0.6) is 5.75 Å². The summed E-state index contributed by atoms with van der Waals surface area (Å²) in [5, 5.41) is 13.2. The maximum Gasteiger partial charge on any atom is 0.264 e. The number of hydrogen-bond donors (Lipinski definition) is 2. The molecule has 1 aliphatic rings. The van der Waals surface area contributed by atoms with Crippen LogP contribution in [0.3, 0.4) is 0 Å². The fourth-order valence-corrected chi connectivity index (χ4v) is 3.36. The van der Waals surface area contributed by atoms with Gasteiger partial charge in [-0.05, 0) is 85.1 Å². The number of aliphatic imine (C=N–C) groups is 1. The van der Waals surface area contributed by atoms with E-state index in [4.69, 9.17) is 0 Å². The molecule has 0 radical (unpaired) electrons. The van der Waals surface area contributed by atoms with Crippen molar-refractivity contribution in [1.29, 1.82) is 0 Å². The highest BCUT2D eigenvalue weighted by Crippen LogP contribution is 2.30. The minimum atomic E-state index is -0.158. The molecule has 1 aliphatic heterocycles. The molecule has 122 valence electrons. The molecule has 2 aromatic carbocycles. The van der Waals surface area contributed by atoms with E-state index in [2.05, 4.69) is 10.3 Å². The van der Waals surface area contributed by atoms with Gasteiger partial charge in [-0.3, -0.25) is 4.79 Å². The lowest BCUT2D eigenvalue weighted by molar-refractivity contribution is -0.115. The van der Waals surface area contributed by atoms with Crippen LogP contribution in [0.15, 0.2) is 46.3 Å². The summed E-state index contributed by atoms with van der Waals surface area (Å²) in [5.74, 6) is 0.136.